The molecule has 0 aliphatic carbocycles. The minimum atomic E-state index is -2.96. The second-order valence-electron chi connectivity index (χ2n) is 6.48. The number of nitrogens with zero attached hydrogens (tertiary/aromatic N) is 3. The third-order valence-electron chi connectivity index (χ3n) is 4.27. The number of hydrogen-bond donors (Lipinski definition) is 1. The molecule has 0 atom stereocenters. The van der Waals surface area contributed by atoms with Gasteiger partial charge in [-0.25, -0.2) is 9.37 Å². The molecule has 0 saturated carbocycles. The van der Waals surface area contributed by atoms with Crippen LogP contribution in [0.4, 0.5) is 18.3 Å². The van der Waals surface area contributed by atoms with Crippen LogP contribution in [-0.4, -0.2) is 27.6 Å². The van der Waals surface area contributed by atoms with Crippen LogP contribution in [0, 0.1) is 5.82 Å². The standard InChI is InChI=1S/C21H15F3N4O3S/c22-13-7-5-12(6-8-13)19-27-18(31-28-19)10-9-17(29)26-21-25-15(11-32-21)14-3-1-2-4-16(14)30-20(23)24/h1-8,11,20H,9-10H2,(H,25,26,29). The second kappa shape index (κ2) is 9.60. The number of rotatable bonds is 8. The lowest BCUT2D eigenvalue weighted by Gasteiger charge is -2.08. The number of thiazole rings is 1. The number of ether oxygens (including phenoxy) is 1. The van der Waals surface area contributed by atoms with E-state index in [2.05, 4.69) is 25.2 Å². The molecule has 0 fully saturated rings. The van der Waals surface area contributed by atoms with Gasteiger partial charge in [0.15, 0.2) is 5.13 Å². The molecule has 32 heavy (non-hydrogen) atoms. The maximum absolute atomic E-state index is 13.0. The van der Waals surface area contributed by atoms with E-state index in [4.69, 9.17) is 4.52 Å². The molecule has 2 aromatic heterocycles. The molecule has 164 valence electrons. The minimum Gasteiger partial charge on any atom is -0.434 e. The predicted octanol–water partition coefficient (Wildman–Crippen LogP) is 5.17. The topological polar surface area (TPSA) is 90.1 Å². The average molecular weight is 460 g/mol. The van der Waals surface area contributed by atoms with Crippen LogP contribution in [-0.2, 0) is 11.2 Å². The van der Waals surface area contributed by atoms with E-state index < -0.39 is 6.61 Å². The Morgan fingerprint density at radius 3 is 2.69 bits per heavy atom. The Hall–Kier alpha value is -3.73. The summed E-state index contributed by atoms with van der Waals surface area (Å²) in [5.41, 5.74) is 1.39. The van der Waals surface area contributed by atoms with Crippen LogP contribution in [0.3, 0.4) is 0 Å². The summed E-state index contributed by atoms with van der Waals surface area (Å²) in [6.07, 6.45) is 0.258. The Morgan fingerprint density at radius 1 is 1.12 bits per heavy atom. The summed E-state index contributed by atoms with van der Waals surface area (Å²) in [7, 11) is 0. The van der Waals surface area contributed by atoms with Crippen molar-refractivity contribution < 1.29 is 27.2 Å². The van der Waals surface area contributed by atoms with Crippen LogP contribution >= 0.6 is 11.3 Å². The van der Waals surface area contributed by atoms with E-state index in [0.29, 0.717) is 27.8 Å². The van der Waals surface area contributed by atoms with Crippen molar-refractivity contribution in [2.24, 2.45) is 0 Å². The molecule has 11 heteroatoms. The van der Waals surface area contributed by atoms with E-state index in [1.54, 1.807) is 23.6 Å². The van der Waals surface area contributed by atoms with Crippen LogP contribution in [0.25, 0.3) is 22.6 Å². The van der Waals surface area contributed by atoms with Gasteiger partial charge in [-0.3, -0.25) is 4.79 Å². The van der Waals surface area contributed by atoms with Crippen molar-refractivity contribution in [2.45, 2.75) is 19.5 Å². The molecule has 0 bridgehead atoms. The fourth-order valence-electron chi connectivity index (χ4n) is 2.81. The quantitative estimate of drug-likeness (QED) is 0.390. The van der Waals surface area contributed by atoms with E-state index >= 15 is 0 Å². The highest BCUT2D eigenvalue weighted by Gasteiger charge is 2.15. The molecule has 7 nitrogen and oxygen atoms in total. The van der Waals surface area contributed by atoms with Crippen molar-refractivity contribution in [1.82, 2.24) is 15.1 Å². The minimum absolute atomic E-state index is 0.000899. The molecule has 2 heterocycles. The first-order valence-corrected chi connectivity index (χ1v) is 10.2. The smallest absolute Gasteiger partial charge is 0.387 e. The third-order valence-corrected chi connectivity index (χ3v) is 5.02. The number of aryl methyl sites for hydroxylation is 1. The number of aromatic nitrogens is 3. The maximum atomic E-state index is 13.0. The average Bonchev–Trinajstić information content (AvgIpc) is 3.43. The summed E-state index contributed by atoms with van der Waals surface area (Å²) in [6.45, 7) is -2.96. The number of carbonyl (C=O) groups is 1. The van der Waals surface area contributed by atoms with Crippen molar-refractivity contribution in [2.75, 3.05) is 5.32 Å². The predicted molar refractivity (Wildman–Crippen MR) is 111 cm³/mol. The molecule has 0 aliphatic rings. The molecule has 0 spiro atoms. The van der Waals surface area contributed by atoms with Gasteiger partial charge in [-0.1, -0.05) is 17.3 Å². The number of amides is 1. The van der Waals surface area contributed by atoms with Crippen molar-refractivity contribution in [3.05, 3.63) is 65.6 Å². The van der Waals surface area contributed by atoms with Gasteiger partial charge in [-0.15, -0.1) is 11.3 Å². The largest absolute Gasteiger partial charge is 0.434 e. The summed E-state index contributed by atoms with van der Waals surface area (Å²) in [5, 5.41) is 8.43. The lowest BCUT2D eigenvalue weighted by molar-refractivity contribution is -0.116. The van der Waals surface area contributed by atoms with Gasteiger partial charge in [0, 0.05) is 29.3 Å². The molecule has 0 saturated heterocycles. The number of nitrogens with one attached hydrogen (secondary N) is 1. The van der Waals surface area contributed by atoms with Gasteiger partial charge in [0.2, 0.25) is 17.6 Å². The Balaban J connectivity index is 1.35. The fraction of sp³-hybridized carbons (Fsp3) is 0.143. The van der Waals surface area contributed by atoms with Gasteiger partial charge in [0.25, 0.3) is 0 Å². The maximum Gasteiger partial charge on any atom is 0.387 e. The highest BCUT2D eigenvalue weighted by Crippen LogP contribution is 2.33. The Bertz CT molecular complexity index is 1210. The molecule has 2 aromatic carbocycles. The lowest BCUT2D eigenvalue weighted by Crippen LogP contribution is -2.12. The summed E-state index contributed by atoms with van der Waals surface area (Å²) >= 11 is 1.16. The van der Waals surface area contributed by atoms with Crippen LogP contribution < -0.4 is 10.1 Å². The monoisotopic (exact) mass is 460 g/mol. The number of anilines is 1. The van der Waals surface area contributed by atoms with Gasteiger partial charge in [0.05, 0.1) is 5.69 Å². The molecule has 0 radical (unpaired) electrons. The van der Waals surface area contributed by atoms with Gasteiger partial charge in [0.1, 0.15) is 11.6 Å². The van der Waals surface area contributed by atoms with Gasteiger partial charge in [-0.05, 0) is 36.4 Å². The second-order valence-corrected chi connectivity index (χ2v) is 7.34. The zero-order chi connectivity index (χ0) is 22.5. The van der Waals surface area contributed by atoms with Crippen LogP contribution in [0.2, 0.25) is 0 Å². The molecule has 1 amide bonds. The molecular weight excluding hydrogens is 445 g/mol. The van der Waals surface area contributed by atoms with Crippen LogP contribution in [0.5, 0.6) is 5.75 Å². The van der Waals surface area contributed by atoms with Gasteiger partial charge < -0.3 is 14.6 Å². The summed E-state index contributed by atoms with van der Waals surface area (Å²) in [6, 6.07) is 11.9. The molecular formula is C21H15F3N4O3S. The SMILES string of the molecule is O=C(CCc1nc(-c2ccc(F)cc2)no1)Nc1nc(-c2ccccc2OC(F)F)cs1. The summed E-state index contributed by atoms with van der Waals surface area (Å²) in [4.78, 5) is 20.7. The van der Waals surface area contributed by atoms with Crippen molar-refractivity contribution in [1.29, 1.82) is 0 Å². The Morgan fingerprint density at radius 2 is 1.91 bits per heavy atom. The highest BCUT2D eigenvalue weighted by atomic mass is 32.1. The lowest BCUT2D eigenvalue weighted by atomic mass is 10.1. The van der Waals surface area contributed by atoms with Crippen molar-refractivity contribution in [3.63, 3.8) is 0 Å². The first-order chi connectivity index (χ1) is 15.5. The third kappa shape index (κ3) is 5.30. The van der Waals surface area contributed by atoms with Crippen LogP contribution in [0.15, 0.2) is 58.4 Å². The first-order valence-electron chi connectivity index (χ1n) is 9.36. The number of benzene rings is 2. The number of hydrogen-bond acceptors (Lipinski definition) is 7. The molecule has 0 unspecified atom stereocenters. The number of carbonyl (C=O) groups excluding carboxylic acids is 1. The fourth-order valence-corrected chi connectivity index (χ4v) is 3.53. The van der Waals surface area contributed by atoms with E-state index in [0.717, 1.165) is 11.3 Å². The van der Waals surface area contributed by atoms with Gasteiger partial charge >= 0.3 is 6.61 Å². The summed E-state index contributed by atoms with van der Waals surface area (Å²) in [5.74, 6) is -0.139. The Kier molecular flexibility index (Phi) is 6.45. The Labute approximate surface area is 183 Å². The van der Waals surface area contributed by atoms with Crippen molar-refractivity contribution >= 4 is 22.4 Å². The van der Waals surface area contributed by atoms with E-state index in [-0.39, 0.29) is 36.2 Å². The molecule has 1 N–H and O–H groups in total. The molecule has 4 rings (SSSR count). The molecule has 0 aliphatic heterocycles. The first kappa shape index (κ1) is 21.5. The number of halogens is 3. The summed E-state index contributed by atoms with van der Waals surface area (Å²) < 4.78 is 47.9. The van der Waals surface area contributed by atoms with E-state index in [9.17, 15) is 18.0 Å². The zero-order valence-corrected chi connectivity index (χ0v) is 17.1. The zero-order valence-electron chi connectivity index (χ0n) is 16.3. The molecule has 4 aromatic rings. The number of para-hydroxylation sites is 1. The highest BCUT2D eigenvalue weighted by molar-refractivity contribution is 7.14. The van der Waals surface area contributed by atoms with E-state index in [1.807, 2.05) is 0 Å². The van der Waals surface area contributed by atoms with Crippen LogP contribution in [0.1, 0.15) is 12.3 Å². The van der Waals surface area contributed by atoms with Crippen molar-refractivity contribution in [3.8, 4) is 28.4 Å². The normalized spacial score (nSPS) is 11.0. The number of alkyl halides is 2. The van der Waals surface area contributed by atoms with E-state index in [1.165, 1.54) is 30.3 Å². The van der Waals surface area contributed by atoms with Gasteiger partial charge in [-0.2, -0.15) is 13.8 Å².